The van der Waals surface area contributed by atoms with Gasteiger partial charge >= 0.3 is 16.8 Å². The second-order valence-corrected chi connectivity index (χ2v) is 9.14. The summed E-state index contributed by atoms with van der Waals surface area (Å²) in [6, 6.07) is 13.9. The summed E-state index contributed by atoms with van der Waals surface area (Å²) < 4.78 is 9.96. The standard InChI is InChI=1S/C22H19NO6S2/c1-28-14-9-7-12(8-10-14)17-16(20(24)25)15(18-19(30-17)23-22(27)31-18)11-3-5-13(6-4-11)21(26)29-2/h3-10,15-17H,1-2H3,(H,23,27)(H,24,25)/t15-,16-,17-/m1/s1. The first kappa shape index (κ1) is 21.2. The minimum absolute atomic E-state index is 0.229. The summed E-state index contributed by atoms with van der Waals surface area (Å²) in [5.41, 5.74) is 1.92. The average molecular weight is 458 g/mol. The van der Waals surface area contributed by atoms with E-state index in [-0.39, 0.29) is 4.87 Å². The van der Waals surface area contributed by atoms with Gasteiger partial charge in [0.05, 0.1) is 36.0 Å². The number of ether oxygens (including phenoxy) is 2. The van der Waals surface area contributed by atoms with Crippen LogP contribution in [0.5, 0.6) is 5.75 Å². The monoisotopic (exact) mass is 457 g/mol. The highest BCUT2D eigenvalue weighted by Gasteiger charge is 2.45. The molecule has 0 radical (unpaired) electrons. The second-order valence-electron chi connectivity index (χ2n) is 6.97. The quantitative estimate of drug-likeness (QED) is 0.560. The molecule has 9 heteroatoms. The lowest BCUT2D eigenvalue weighted by molar-refractivity contribution is -0.142. The number of aliphatic carboxylic acids is 1. The van der Waals surface area contributed by atoms with Gasteiger partial charge < -0.3 is 19.6 Å². The number of H-pyrrole nitrogens is 1. The molecule has 0 bridgehead atoms. The van der Waals surface area contributed by atoms with Gasteiger partial charge in [-0.25, -0.2) is 4.79 Å². The fourth-order valence-corrected chi connectivity index (χ4v) is 6.40. The Kier molecular flexibility index (Phi) is 5.88. The number of hydrogen-bond donors (Lipinski definition) is 2. The molecule has 3 aromatic rings. The summed E-state index contributed by atoms with van der Waals surface area (Å²) in [4.78, 5) is 39.7. The molecule has 31 heavy (non-hydrogen) atoms. The average Bonchev–Trinajstić information content (AvgIpc) is 3.17. The van der Waals surface area contributed by atoms with Crippen molar-refractivity contribution in [3.63, 3.8) is 0 Å². The Hall–Kier alpha value is -3.04. The number of fused-ring (bicyclic) bond motifs is 1. The lowest BCUT2D eigenvalue weighted by Crippen LogP contribution is -2.30. The Labute approximate surface area is 186 Å². The summed E-state index contributed by atoms with van der Waals surface area (Å²) >= 11 is 2.38. The fourth-order valence-electron chi connectivity index (χ4n) is 3.80. The summed E-state index contributed by atoms with van der Waals surface area (Å²) in [5.74, 6) is -2.11. The number of esters is 1. The van der Waals surface area contributed by atoms with Crippen molar-refractivity contribution in [1.82, 2.24) is 4.98 Å². The molecule has 0 unspecified atom stereocenters. The van der Waals surface area contributed by atoms with Crippen LogP contribution >= 0.6 is 23.1 Å². The number of thiazole rings is 1. The molecule has 0 saturated carbocycles. The van der Waals surface area contributed by atoms with Crippen molar-refractivity contribution >= 4 is 35.0 Å². The predicted octanol–water partition coefficient (Wildman–Crippen LogP) is 3.91. The molecule has 4 rings (SSSR count). The van der Waals surface area contributed by atoms with Crippen molar-refractivity contribution < 1.29 is 24.2 Å². The van der Waals surface area contributed by atoms with Gasteiger partial charge in [-0.1, -0.05) is 47.4 Å². The molecule has 0 amide bonds. The molecule has 1 aliphatic heterocycles. The molecule has 1 aliphatic rings. The zero-order chi connectivity index (χ0) is 22.1. The van der Waals surface area contributed by atoms with Crippen LogP contribution in [0.25, 0.3) is 0 Å². The fraction of sp³-hybridized carbons (Fsp3) is 0.227. The van der Waals surface area contributed by atoms with Crippen molar-refractivity contribution in [3.05, 3.63) is 79.8 Å². The highest BCUT2D eigenvalue weighted by molar-refractivity contribution is 7.99. The number of rotatable bonds is 5. The van der Waals surface area contributed by atoms with Crippen LogP contribution in [0, 0.1) is 5.92 Å². The maximum absolute atomic E-state index is 12.5. The highest BCUT2D eigenvalue weighted by Crippen LogP contribution is 2.55. The molecular formula is C22H19NO6S2. The first-order chi connectivity index (χ1) is 14.9. The van der Waals surface area contributed by atoms with E-state index in [4.69, 9.17) is 9.47 Å². The van der Waals surface area contributed by atoms with Gasteiger partial charge in [0, 0.05) is 10.8 Å². The third kappa shape index (κ3) is 3.98. The molecule has 0 spiro atoms. The molecule has 7 nitrogen and oxygen atoms in total. The zero-order valence-electron chi connectivity index (χ0n) is 16.7. The van der Waals surface area contributed by atoms with E-state index in [1.165, 1.54) is 18.9 Å². The van der Waals surface area contributed by atoms with Crippen LogP contribution < -0.4 is 9.61 Å². The van der Waals surface area contributed by atoms with Crippen molar-refractivity contribution in [2.24, 2.45) is 5.92 Å². The molecule has 2 heterocycles. The number of aromatic amines is 1. The van der Waals surface area contributed by atoms with Crippen molar-refractivity contribution in [3.8, 4) is 5.75 Å². The molecule has 1 aromatic heterocycles. The van der Waals surface area contributed by atoms with Crippen molar-refractivity contribution in [1.29, 1.82) is 0 Å². The van der Waals surface area contributed by atoms with Gasteiger partial charge in [-0.15, -0.1) is 0 Å². The van der Waals surface area contributed by atoms with Crippen LogP contribution in [0.15, 0.2) is 58.4 Å². The number of hydrogen-bond acceptors (Lipinski definition) is 7. The van der Waals surface area contributed by atoms with Crippen LogP contribution in [-0.2, 0) is 9.53 Å². The van der Waals surface area contributed by atoms with Crippen LogP contribution in [0.2, 0.25) is 0 Å². The molecule has 0 saturated heterocycles. The molecule has 2 aromatic carbocycles. The van der Waals surface area contributed by atoms with E-state index in [1.807, 2.05) is 12.1 Å². The highest BCUT2D eigenvalue weighted by atomic mass is 32.2. The normalized spacial score (nSPS) is 20.0. The number of carboxylic acids is 1. The van der Waals surface area contributed by atoms with Crippen LogP contribution in [-0.4, -0.2) is 36.2 Å². The van der Waals surface area contributed by atoms with Crippen LogP contribution in [0.3, 0.4) is 0 Å². The maximum atomic E-state index is 12.5. The van der Waals surface area contributed by atoms with Gasteiger partial charge in [0.15, 0.2) is 0 Å². The largest absolute Gasteiger partial charge is 0.497 e. The number of benzene rings is 2. The Balaban J connectivity index is 1.83. The van der Waals surface area contributed by atoms with E-state index in [9.17, 15) is 19.5 Å². The Morgan fingerprint density at radius 3 is 2.23 bits per heavy atom. The number of methoxy groups -OCH3 is 2. The molecule has 3 atom stereocenters. The van der Waals surface area contributed by atoms with Crippen molar-refractivity contribution in [2.75, 3.05) is 14.2 Å². The number of carboxylic acid groups (broad SMARTS) is 1. The topological polar surface area (TPSA) is 106 Å². The van der Waals surface area contributed by atoms with Crippen LogP contribution in [0.4, 0.5) is 0 Å². The zero-order valence-corrected chi connectivity index (χ0v) is 18.3. The summed E-state index contributed by atoms with van der Waals surface area (Å²) in [7, 11) is 2.87. The Bertz CT molecular complexity index is 1170. The number of carbonyl (C=O) groups excluding carboxylic acids is 1. The molecule has 0 aliphatic carbocycles. The lowest BCUT2D eigenvalue weighted by atomic mass is 9.80. The van der Waals surface area contributed by atoms with E-state index in [1.54, 1.807) is 43.5 Å². The first-order valence-corrected chi connectivity index (χ1v) is 11.1. The van der Waals surface area contributed by atoms with Crippen molar-refractivity contribution in [2.45, 2.75) is 16.2 Å². The van der Waals surface area contributed by atoms with E-state index >= 15 is 0 Å². The second kappa shape index (κ2) is 8.60. The maximum Gasteiger partial charge on any atom is 0.337 e. The van der Waals surface area contributed by atoms with Gasteiger partial charge in [-0.2, -0.15) is 0 Å². The predicted molar refractivity (Wildman–Crippen MR) is 117 cm³/mol. The SMILES string of the molecule is COC(=O)c1ccc([C@H]2c3sc(=O)[nH]c3S[C@H](c3ccc(OC)cc3)[C@@H]2C(=O)O)cc1. The summed E-state index contributed by atoms with van der Waals surface area (Å²) in [6.45, 7) is 0. The number of nitrogens with one attached hydrogen (secondary N) is 1. The number of thioether (sulfide) groups is 1. The van der Waals surface area contributed by atoms with E-state index in [2.05, 4.69) is 4.98 Å². The molecular weight excluding hydrogens is 438 g/mol. The number of carbonyl (C=O) groups is 2. The van der Waals surface area contributed by atoms with E-state index < -0.39 is 29.0 Å². The summed E-state index contributed by atoms with van der Waals surface area (Å²) in [5, 5.41) is 10.5. The third-order valence-electron chi connectivity index (χ3n) is 5.27. The van der Waals surface area contributed by atoms with E-state index in [0.717, 1.165) is 22.5 Å². The van der Waals surface area contributed by atoms with Gasteiger partial charge in [-0.05, 0) is 35.4 Å². The summed E-state index contributed by atoms with van der Waals surface area (Å²) in [6.07, 6.45) is 0. The smallest absolute Gasteiger partial charge is 0.337 e. The van der Waals surface area contributed by atoms with Gasteiger partial charge in [-0.3, -0.25) is 9.59 Å². The lowest BCUT2D eigenvalue weighted by Gasteiger charge is -2.35. The molecule has 2 N–H and O–H groups in total. The first-order valence-electron chi connectivity index (χ1n) is 9.37. The van der Waals surface area contributed by atoms with Gasteiger partial charge in [0.25, 0.3) is 0 Å². The molecule has 160 valence electrons. The van der Waals surface area contributed by atoms with Gasteiger partial charge in [0.2, 0.25) is 0 Å². The minimum Gasteiger partial charge on any atom is -0.497 e. The Morgan fingerprint density at radius 1 is 1.00 bits per heavy atom. The minimum atomic E-state index is -0.957. The third-order valence-corrected chi connectivity index (χ3v) is 7.75. The van der Waals surface area contributed by atoms with Gasteiger partial charge in [0.1, 0.15) is 5.75 Å². The van der Waals surface area contributed by atoms with E-state index in [0.29, 0.717) is 21.2 Å². The van der Waals surface area contributed by atoms with Crippen LogP contribution in [0.1, 0.15) is 37.5 Å². The Morgan fingerprint density at radius 2 is 1.65 bits per heavy atom. The molecule has 0 fully saturated rings. The number of aromatic nitrogens is 1.